The Morgan fingerprint density at radius 3 is 2.87 bits per heavy atom. The maximum Gasteiger partial charge on any atom is 0.241 e. The Kier molecular flexibility index (Phi) is 4.15. The number of hydrogen-bond acceptors (Lipinski definition) is 2. The minimum absolute atomic E-state index is 0.0384. The van der Waals surface area contributed by atoms with Crippen LogP contribution in [-0.2, 0) is 11.3 Å². The second kappa shape index (κ2) is 5.16. The van der Waals surface area contributed by atoms with Crippen molar-refractivity contribution >= 4 is 17.5 Å². The summed E-state index contributed by atoms with van der Waals surface area (Å²) >= 11 is 5.83. The molecule has 0 aliphatic carbocycles. The van der Waals surface area contributed by atoms with Crippen molar-refractivity contribution in [3.8, 4) is 0 Å². The molecular formula is C10H16ClN3O. The van der Waals surface area contributed by atoms with Crippen LogP contribution in [0.5, 0.6) is 0 Å². The number of rotatable bonds is 4. The van der Waals surface area contributed by atoms with E-state index in [4.69, 9.17) is 11.6 Å². The van der Waals surface area contributed by atoms with Crippen molar-refractivity contribution in [2.24, 2.45) is 0 Å². The molecule has 0 spiro atoms. The highest BCUT2D eigenvalue weighted by Crippen LogP contribution is 2.11. The van der Waals surface area contributed by atoms with Gasteiger partial charge in [-0.1, -0.05) is 18.5 Å². The van der Waals surface area contributed by atoms with Crippen molar-refractivity contribution in [2.45, 2.75) is 39.8 Å². The maximum atomic E-state index is 11.5. The number of hydrogen-bond donors (Lipinski definition) is 1. The van der Waals surface area contributed by atoms with Crippen LogP contribution in [0.2, 0.25) is 5.02 Å². The van der Waals surface area contributed by atoms with Crippen molar-refractivity contribution in [3.05, 3.63) is 16.9 Å². The molecule has 0 bridgehead atoms. The normalized spacial score (nSPS) is 12.5. The summed E-state index contributed by atoms with van der Waals surface area (Å²) in [6, 6.07) is 0.199. The number of aromatic nitrogens is 2. The predicted octanol–water partition coefficient (Wildman–Crippen LogP) is 1.76. The van der Waals surface area contributed by atoms with Crippen molar-refractivity contribution in [1.29, 1.82) is 0 Å². The zero-order chi connectivity index (χ0) is 11.4. The van der Waals surface area contributed by atoms with Crippen LogP contribution < -0.4 is 5.32 Å². The quantitative estimate of drug-likeness (QED) is 0.855. The predicted molar refractivity (Wildman–Crippen MR) is 59.9 cm³/mol. The molecule has 1 N–H and O–H groups in total. The summed E-state index contributed by atoms with van der Waals surface area (Å²) in [6.07, 6.45) is 2.58. The first-order valence-corrected chi connectivity index (χ1v) is 5.39. The topological polar surface area (TPSA) is 46.9 Å². The molecule has 0 saturated heterocycles. The molecule has 0 aromatic carbocycles. The summed E-state index contributed by atoms with van der Waals surface area (Å²) in [5.41, 5.74) is 0.744. The van der Waals surface area contributed by atoms with Crippen LogP contribution in [-0.4, -0.2) is 21.7 Å². The number of amides is 1. The Bertz CT molecular complexity index is 329. The highest BCUT2D eigenvalue weighted by molar-refractivity contribution is 6.31. The molecule has 1 unspecified atom stereocenters. The minimum Gasteiger partial charge on any atom is -0.352 e. The van der Waals surface area contributed by atoms with Crippen molar-refractivity contribution in [2.75, 3.05) is 0 Å². The summed E-state index contributed by atoms with van der Waals surface area (Å²) in [4.78, 5) is 11.5. The summed E-state index contributed by atoms with van der Waals surface area (Å²) in [5.74, 6) is -0.0384. The van der Waals surface area contributed by atoms with Crippen molar-refractivity contribution in [1.82, 2.24) is 15.1 Å². The highest BCUT2D eigenvalue weighted by Gasteiger charge is 2.08. The molecule has 1 heterocycles. The lowest BCUT2D eigenvalue weighted by molar-refractivity contribution is -0.122. The molecule has 1 amide bonds. The lowest BCUT2D eigenvalue weighted by Gasteiger charge is -2.10. The van der Waals surface area contributed by atoms with Crippen molar-refractivity contribution in [3.63, 3.8) is 0 Å². The lowest BCUT2D eigenvalue weighted by atomic mass is 10.2. The van der Waals surface area contributed by atoms with E-state index < -0.39 is 0 Å². The average Bonchev–Trinajstić information content (AvgIpc) is 2.45. The summed E-state index contributed by atoms with van der Waals surface area (Å²) in [6.45, 7) is 6.03. The molecule has 15 heavy (non-hydrogen) atoms. The van der Waals surface area contributed by atoms with E-state index in [1.807, 2.05) is 20.8 Å². The van der Waals surface area contributed by atoms with E-state index in [2.05, 4.69) is 10.4 Å². The zero-order valence-corrected chi connectivity index (χ0v) is 10.0. The number of nitrogens with zero attached hydrogens (tertiary/aromatic N) is 2. The molecule has 1 atom stereocenters. The van der Waals surface area contributed by atoms with Crippen LogP contribution >= 0.6 is 11.6 Å². The van der Waals surface area contributed by atoms with Gasteiger partial charge < -0.3 is 5.32 Å². The minimum atomic E-state index is -0.0384. The number of halogens is 1. The van der Waals surface area contributed by atoms with E-state index in [0.29, 0.717) is 5.02 Å². The molecule has 0 aliphatic heterocycles. The van der Waals surface area contributed by atoms with Crippen molar-refractivity contribution < 1.29 is 4.79 Å². The van der Waals surface area contributed by atoms with E-state index in [9.17, 15) is 4.79 Å². The monoisotopic (exact) mass is 229 g/mol. The third-order valence-corrected chi connectivity index (χ3v) is 2.58. The fourth-order valence-corrected chi connectivity index (χ4v) is 1.29. The van der Waals surface area contributed by atoms with Gasteiger partial charge in [-0.3, -0.25) is 9.48 Å². The number of aryl methyl sites for hydroxylation is 1. The third-order valence-electron chi connectivity index (χ3n) is 2.21. The van der Waals surface area contributed by atoms with Crippen LogP contribution in [0.25, 0.3) is 0 Å². The molecule has 0 radical (unpaired) electrons. The Morgan fingerprint density at radius 1 is 1.73 bits per heavy atom. The Balaban J connectivity index is 2.51. The van der Waals surface area contributed by atoms with Crippen LogP contribution in [0.4, 0.5) is 0 Å². The number of nitrogens with one attached hydrogen (secondary N) is 1. The van der Waals surface area contributed by atoms with Gasteiger partial charge in [-0.05, 0) is 20.3 Å². The van der Waals surface area contributed by atoms with Gasteiger partial charge in [0.25, 0.3) is 0 Å². The van der Waals surface area contributed by atoms with Gasteiger partial charge in [0.05, 0.1) is 10.7 Å². The molecule has 1 aromatic heterocycles. The molecule has 0 saturated carbocycles. The van der Waals surface area contributed by atoms with E-state index in [0.717, 1.165) is 12.1 Å². The molecular weight excluding hydrogens is 214 g/mol. The lowest BCUT2D eigenvalue weighted by Crippen LogP contribution is -2.34. The van der Waals surface area contributed by atoms with E-state index in [-0.39, 0.29) is 18.5 Å². The first-order valence-electron chi connectivity index (χ1n) is 5.01. The molecule has 84 valence electrons. The smallest absolute Gasteiger partial charge is 0.241 e. The second-order valence-electron chi connectivity index (χ2n) is 3.64. The Hall–Kier alpha value is -1.03. The van der Waals surface area contributed by atoms with Gasteiger partial charge in [0.15, 0.2) is 0 Å². The molecule has 0 fully saturated rings. The Labute approximate surface area is 94.6 Å². The number of carbonyl (C=O) groups excluding carboxylic acids is 1. The van der Waals surface area contributed by atoms with Gasteiger partial charge in [-0.15, -0.1) is 0 Å². The van der Waals surface area contributed by atoms with Gasteiger partial charge in [0.2, 0.25) is 5.91 Å². The third kappa shape index (κ3) is 3.55. The fourth-order valence-electron chi connectivity index (χ4n) is 1.14. The maximum absolute atomic E-state index is 11.5. The van der Waals surface area contributed by atoms with E-state index >= 15 is 0 Å². The molecule has 5 heteroatoms. The summed E-state index contributed by atoms with van der Waals surface area (Å²) in [7, 11) is 0. The second-order valence-corrected chi connectivity index (χ2v) is 4.04. The van der Waals surface area contributed by atoms with Gasteiger partial charge >= 0.3 is 0 Å². The number of carbonyl (C=O) groups is 1. The fraction of sp³-hybridized carbons (Fsp3) is 0.600. The molecule has 4 nitrogen and oxygen atoms in total. The largest absolute Gasteiger partial charge is 0.352 e. The SMILES string of the molecule is CCC(C)NC(=O)Cn1cc(Cl)c(C)n1. The van der Waals surface area contributed by atoms with Crippen LogP contribution in [0, 0.1) is 6.92 Å². The van der Waals surface area contributed by atoms with Gasteiger partial charge in [0, 0.05) is 12.2 Å². The van der Waals surface area contributed by atoms with E-state index in [1.54, 1.807) is 10.9 Å². The van der Waals surface area contributed by atoms with Gasteiger partial charge in [-0.2, -0.15) is 5.10 Å². The molecule has 1 aromatic rings. The average molecular weight is 230 g/mol. The standard InChI is InChI=1S/C10H16ClN3O/c1-4-7(2)12-10(15)6-14-5-9(11)8(3)13-14/h5,7H,4,6H2,1-3H3,(H,12,15). The first-order chi connectivity index (χ1) is 7.02. The molecule has 0 aliphatic rings. The van der Waals surface area contributed by atoms with Crippen LogP contribution in [0.1, 0.15) is 26.0 Å². The van der Waals surface area contributed by atoms with Gasteiger partial charge in [-0.25, -0.2) is 0 Å². The van der Waals surface area contributed by atoms with Crippen LogP contribution in [0.3, 0.4) is 0 Å². The summed E-state index contributed by atoms with van der Waals surface area (Å²) in [5, 5.41) is 7.56. The first kappa shape index (κ1) is 12.0. The summed E-state index contributed by atoms with van der Waals surface area (Å²) < 4.78 is 1.55. The van der Waals surface area contributed by atoms with Crippen LogP contribution in [0.15, 0.2) is 6.20 Å². The van der Waals surface area contributed by atoms with Gasteiger partial charge in [0.1, 0.15) is 6.54 Å². The Morgan fingerprint density at radius 2 is 2.40 bits per heavy atom. The molecule has 1 rings (SSSR count). The highest BCUT2D eigenvalue weighted by atomic mass is 35.5. The van der Waals surface area contributed by atoms with E-state index in [1.165, 1.54) is 0 Å². The zero-order valence-electron chi connectivity index (χ0n) is 9.25.